The quantitative estimate of drug-likeness (QED) is 0.402. The normalized spacial score (nSPS) is 14.0. The summed E-state index contributed by atoms with van der Waals surface area (Å²) in [5.41, 5.74) is 4.64. The fraction of sp³-hybridized carbons (Fsp3) is 0.280. The Hall–Kier alpha value is -4.34. The van der Waals surface area contributed by atoms with Gasteiger partial charge in [0.15, 0.2) is 5.65 Å². The maximum atomic E-state index is 12.6. The molecule has 1 aliphatic heterocycles. The van der Waals surface area contributed by atoms with Crippen LogP contribution in [-0.4, -0.2) is 67.9 Å². The van der Waals surface area contributed by atoms with Crippen LogP contribution in [0.25, 0.3) is 22.6 Å². The minimum atomic E-state index is -0.993. The standard InChI is InChI=1S/C25H27N7O3/c1-16(2)32-23-21(15-26-32)28-22(29-23)17-5-9-20(10-6-17)30-11-13-31(14-12-30)25(35)27-19-7-3-18(4-8-19)24(33)34/h3-10,15-16H,11-14H2,1-2H3,(H,27,35)(H,28,29)(H,33,34). The number of fused-ring (bicyclic) bond motifs is 1. The van der Waals surface area contributed by atoms with E-state index in [0.29, 0.717) is 18.8 Å². The lowest BCUT2D eigenvalue weighted by Gasteiger charge is -2.36. The zero-order valence-electron chi connectivity index (χ0n) is 19.6. The number of carbonyl (C=O) groups is 2. The molecule has 3 N–H and O–H groups in total. The molecule has 3 heterocycles. The third kappa shape index (κ3) is 4.54. The van der Waals surface area contributed by atoms with Gasteiger partial charge in [-0.3, -0.25) is 0 Å². The summed E-state index contributed by atoms with van der Waals surface area (Å²) in [6.45, 7) is 6.79. The molecule has 0 atom stereocenters. The molecular formula is C25H27N7O3. The molecule has 0 spiro atoms. The van der Waals surface area contributed by atoms with Gasteiger partial charge in [0.05, 0.1) is 11.8 Å². The summed E-state index contributed by atoms with van der Waals surface area (Å²) in [4.78, 5) is 35.7. The van der Waals surface area contributed by atoms with Gasteiger partial charge in [-0.05, 0) is 62.4 Å². The van der Waals surface area contributed by atoms with Crippen LogP contribution in [0.15, 0.2) is 54.7 Å². The highest BCUT2D eigenvalue weighted by molar-refractivity contribution is 5.91. The zero-order chi connectivity index (χ0) is 24.5. The number of hydrogen-bond donors (Lipinski definition) is 3. The molecule has 0 unspecified atom stereocenters. The molecule has 10 heteroatoms. The van der Waals surface area contributed by atoms with E-state index in [0.717, 1.165) is 41.3 Å². The Morgan fingerprint density at radius 3 is 2.31 bits per heavy atom. The number of aromatic nitrogens is 4. The van der Waals surface area contributed by atoms with E-state index < -0.39 is 5.97 Å². The number of nitrogens with zero attached hydrogens (tertiary/aromatic N) is 5. The van der Waals surface area contributed by atoms with Crippen LogP contribution in [-0.2, 0) is 0 Å². The molecule has 2 amide bonds. The number of carbonyl (C=O) groups excluding carboxylic acids is 1. The first-order valence-corrected chi connectivity index (χ1v) is 11.6. The minimum Gasteiger partial charge on any atom is -0.478 e. The molecule has 1 saturated heterocycles. The summed E-state index contributed by atoms with van der Waals surface area (Å²) in [5, 5.41) is 16.2. The largest absolute Gasteiger partial charge is 0.478 e. The van der Waals surface area contributed by atoms with Crippen molar-refractivity contribution in [1.29, 1.82) is 0 Å². The van der Waals surface area contributed by atoms with E-state index in [-0.39, 0.29) is 17.6 Å². The van der Waals surface area contributed by atoms with Crippen molar-refractivity contribution >= 4 is 34.5 Å². The molecule has 0 saturated carbocycles. The molecule has 0 bridgehead atoms. The number of rotatable bonds is 5. The van der Waals surface area contributed by atoms with Crippen molar-refractivity contribution in [3.8, 4) is 11.4 Å². The average Bonchev–Trinajstić information content (AvgIpc) is 3.46. The molecule has 1 aliphatic rings. The molecule has 5 rings (SSSR count). The van der Waals surface area contributed by atoms with Crippen LogP contribution < -0.4 is 10.2 Å². The van der Waals surface area contributed by atoms with Gasteiger partial charge in [0.1, 0.15) is 11.3 Å². The second-order valence-corrected chi connectivity index (χ2v) is 8.84. The number of aromatic carboxylic acids is 1. The van der Waals surface area contributed by atoms with Crippen molar-refractivity contribution in [1.82, 2.24) is 24.6 Å². The van der Waals surface area contributed by atoms with Crippen LogP contribution in [0.4, 0.5) is 16.2 Å². The van der Waals surface area contributed by atoms with Gasteiger partial charge in [-0.25, -0.2) is 19.3 Å². The summed E-state index contributed by atoms with van der Waals surface area (Å²) in [6.07, 6.45) is 1.81. The monoisotopic (exact) mass is 473 g/mol. The first-order chi connectivity index (χ1) is 16.9. The summed E-state index contributed by atoms with van der Waals surface area (Å²) in [7, 11) is 0. The zero-order valence-corrected chi connectivity index (χ0v) is 19.6. The third-order valence-corrected chi connectivity index (χ3v) is 6.18. The van der Waals surface area contributed by atoms with Gasteiger partial charge in [0, 0.05) is 49.2 Å². The molecule has 2 aromatic carbocycles. The van der Waals surface area contributed by atoms with Crippen molar-refractivity contribution in [2.24, 2.45) is 0 Å². The number of carboxylic acids is 1. The molecule has 4 aromatic rings. The number of imidazole rings is 1. The van der Waals surface area contributed by atoms with Gasteiger partial charge in [0.2, 0.25) is 0 Å². The van der Waals surface area contributed by atoms with E-state index in [2.05, 4.69) is 58.4 Å². The number of anilines is 2. The maximum absolute atomic E-state index is 12.6. The Morgan fingerprint density at radius 2 is 1.69 bits per heavy atom. The molecule has 10 nitrogen and oxygen atoms in total. The van der Waals surface area contributed by atoms with Crippen molar-refractivity contribution in [2.45, 2.75) is 19.9 Å². The topological polar surface area (TPSA) is 119 Å². The second kappa shape index (κ2) is 9.13. The maximum Gasteiger partial charge on any atom is 0.335 e. The smallest absolute Gasteiger partial charge is 0.335 e. The van der Waals surface area contributed by atoms with Gasteiger partial charge in [0.25, 0.3) is 0 Å². The SMILES string of the molecule is CC(C)n1ncc2[nH]c(-c3ccc(N4CCN(C(=O)Nc5ccc(C(=O)O)cc5)CC4)cc3)nc21. The number of aromatic amines is 1. The van der Waals surface area contributed by atoms with Crippen LogP contribution in [0, 0.1) is 0 Å². The minimum absolute atomic E-state index is 0.185. The fourth-order valence-corrected chi connectivity index (χ4v) is 4.23. The molecule has 35 heavy (non-hydrogen) atoms. The predicted octanol–water partition coefficient (Wildman–Crippen LogP) is 4.06. The van der Waals surface area contributed by atoms with Gasteiger partial charge in [-0.15, -0.1) is 0 Å². The second-order valence-electron chi connectivity index (χ2n) is 8.84. The summed E-state index contributed by atoms with van der Waals surface area (Å²) in [5.74, 6) is -0.177. The fourth-order valence-electron chi connectivity index (χ4n) is 4.23. The molecule has 0 aliphatic carbocycles. The Labute approximate surface area is 202 Å². The number of piperazine rings is 1. The highest BCUT2D eigenvalue weighted by atomic mass is 16.4. The Bertz CT molecular complexity index is 1350. The summed E-state index contributed by atoms with van der Waals surface area (Å²) in [6, 6.07) is 14.5. The van der Waals surface area contributed by atoms with E-state index in [1.807, 2.05) is 4.68 Å². The van der Waals surface area contributed by atoms with Crippen molar-refractivity contribution in [3.63, 3.8) is 0 Å². The molecule has 0 radical (unpaired) electrons. The van der Waals surface area contributed by atoms with Crippen LogP contribution in [0.1, 0.15) is 30.2 Å². The number of H-pyrrole nitrogens is 1. The number of amides is 2. The van der Waals surface area contributed by atoms with Crippen molar-refractivity contribution < 1.29 is 14.7 Å². The average molecular weight is 474 g/mol. The van der Waals surface area contributed by atoms with Gasteiger partial charge >= 0.3 is 12.0 Å². The van der Waals surface area contributed by atoms with Crippen LogP contribution in [0.2, 0.25) is 0 Å². The molecular weight excluding hydrogens is 446 g/mol. The van der Waals surface area contributed by atoms with Gasteiger partial charge in [-0.1, -0.05) is 0 Å². The molecule has 2 aromatic heterocycles. The van der Waals surface area contributed by atoms with Crippen LogP contribution >= 0.6 is 0 Å². The number of hydrogen-bond acceptors (Lipinski definition) is 5. The number of carboxylic acid groups (broad SMARTS) is 1. The Kier molecular flexibility index (Phi) is 5.86. The first kappa shape index (κ1) is 22.5. The van der Waals surface area contributed by atoms with Gasteiger partial charge in [-0.2, -0.15) is 5.10 Å². The van der Waals surface area contributed by atoms with E-state index in [9.17, 15) is 9.59 Å². The number of urea groups is 1. The highest BCUT2D eigenvalue weighted by Gasteiger charge is 2.22. The van der Waals surface area contributed by atoms with E-state index in [1.54, 1.807) is 23.2 Å². The Morgan fingerprint density at radius 1 is 1.00 bits per heavy atom. The number of benzene rings is 2. The van der Waals surface area contributed by atoms with E-state index in [1.165, 1.54) is 12.1 Å². The Balaban J connectivity index is 1.19. The van der Waals surface area contributed by atoms with Gasteiger partial charge < -0.3 is 25.2 Å². The molecule has 180 valence electrons. The van der Waals surface area contributed by atoms with E-state index >= 15 is 0 Å². The lowest BCUT2D eigenvalue weighted by atomic mass is 10.1. The third-order valence-electron chi connectivity index (χ3n) is 6.18. The highest BCUT2D eigenvalue weighted by Crippen LogP contribution is 2.25. The lowest BCUT2D eigenvalue weighted by molar-refractivity contribution is 0.0697. The van der Waals surface area contributed by atoms with E-state index in [4.69, 9.17) is 10.1 Å². The number of nitrogens with one attached hydrogen (secondary N) is 2. The molecule has 1 fully saturated rings. The lowest BCUT2D eigenvalue weighted by Crippen LogP contribution is -2.50. The first-order valence-electron chi connectivity index (χ1n) is 11.6. The summed E-state index contributed by atoms with van der Waals surface area (Å²) >= 11 is 0. The van der Waals surface area contributed by atoms with Crippen molar-refractivity contribution in [2.75, 3.05) is 36.4 Å². The van der Waals surface area contributed by atoms with Crippen molar-refractivity contribution in [3.05, 3.63) is 60.3 Å². The summed E-state index contributed by atoms with van der Waals surface area (Å²) < 4.78 is 1.91. The van der Waals surface area contributed by atoms with Crippen LogP contribution in [0.3, 0.4) is 0 Å². The predicted molar refractivity (Wildman–Crippen MR) is 134 cm³/mol. The van der Waals surface area contributed by atoms with Crippen LogP contribution in [0.5, 0.6) is 0 Å².